The Labute approximate surface area is 104 Å². The molecule has 1 aromatic heterocycles. The molecule has 1 fully saturated rings. The summed E-state index contributed by atoms with van der Waals surface area (Å²) in [7, 11) is 0. The van der Waals surface area contributed by atoms with Crippen molar-refractivity contribution in [1.29, 1.82) is 0 Å². The summed E-state index contributed by atoms with van der Waals surface area (Å²) in [5, 5.41) is 8.40. The number of rotatable bonds is 4. The van der Waals surface area contributed by atoms with Gasteiger partial charge in [-0.15, -0.1) is 10.2 Å². The zero-order valence-electron chi connectivity index (χ0n) is 11.0. The van der Waals surface area contributed by atoms with Gasteiger partial charge in [-0.3, -0.25) is 0 Å². The van der Waals surface area contributed by atoms with Crippen LogP contribution < -0.4 is 5.73 Å². The number of hydrogen-bond donors (Lipinski definition) is 1. The summed E-state index contributed by atoms with van der Waals surface area (Å²) >= 11 is 0. The van der Waals surface area contributed by atoms with Gasteiger partial charge in [0.15, 0.2) is 0 Å². The Morgan fingerprint density at radius 1 is 1.35 bits per heavy atom. The van der Waals surface area contributed by atoms with Gasteiger partial charge in [0.2, 0.25) is 0 Å². The van der Waals surface area contributed by atoms with E-state index in [9.17, 15) is 0 Å². The average molecular weight is 236 g/mol. The molecule has 0 saturated heterocycles. The molecule has 0 aliphatic heterocycles. The van der Waals surface area contributed by atoms with Crippen LogP contribution in [-0.2, 0) is 6.54 Å². The number of nitrogens with two attached hydrogens (primary N) is 1. The fraction of sp³-hybridized carbons (Fsp3) is 0.846. The van der Waals surface area contributed by atoms with Crippen molar-refractivity contribution in [2.24, 2.45) is 17.6 Å². The van der Waals surface area contributed by atoms with E-state index in [1.165, 1.54) is 31.5 Å². The van der Waals surface area contributed by atoms with Crippen LogP contribution in [-0.4, -0.2) is 21.3 Å². The molecule has 1 aromatic rings. The largest absolute Gasteiger partial charge is 0.330 e. The summed E-state index contributed by atoms with van der Waals surface area (Å²) < 4.78 is 2.23. The van der Waals surface area contributed by atoms with Gasteiger partial charge in [-0.25, -0.2) is 0 Å². The summed E-state index contributed by atoms with van der Waals surface area (Å²) in [5.41, 5.74) is 5.73. The second kappa shape index (κ2) is 5.63. The van der Waals surface area contributed by atoms with Gasteiger partial charge < -0.3 is 10.3 Å². The van der Waals surface area contributed by atoms with Crippen LogP contribution in [0, 0.1) is 11.8 Å². The molecule has 2 N–H and O–H groups in total. The molecular formula is C13H24N4. The minimum atomic E-state index is 0.596. The molecule has 4 nitrogen and oxygen atoms in total. The van der Waals surface area contributed by atoms with E-state index >= 15 is 0 Å². The smallest absolute Gasteiger partial charge is 0.135 e. The molecular weight excluding hydrogens is 212 g/mol. The first-order valence-corrected chi connectivity index (χ1v) is 6.78. The molecule has 17 heavy (non-hydrogen) atoms. The Kier molecular flexibility index (Phi) is 4.15. The van der Waals surface area contributed by atoms with Gasteiger partial charge in [0.1, 0.15) is 12.2 Å². The highest BCUT2D eigenvalue weighted by atomic mass is 15.3. The minimum absolute atomic E-state index is 0.596. The van der Waals surface area contributed by atoms with E-state index in [1.54, 1.807) is 0 Å². The first-order valence-electron chi connectivity index (χ1n) is 6.78. The summed E-state index contributed by atoms with van der Waals surface area (Å²) in [6, 6.07) is 0. The maximum Gasteiger partial charge on any atom is 0.135 e. The van der Waals surface area contributed by atoms with Crippen LogP contribution in [0.3, 0.4) is 0 Å². The lowest BCUT2D eigenvalue weighted by Gasteiger charge is -2.27. The number of hydrogen-bond acceptors (Lipinski definition) is 3. The highest BCUT2D eigenvalue weighted by Crippen LogP contribution is 2.34. The third kappa shape index (κ3) is 3.06. The summed E-state index contributed by atoms with van der Waals surface area (Å²) in [4.78, 5) is 0. The van der Waals surface area contributed by atoms with Gasteiger partial charge in [-0.2, -0.15) is 0 Å². The quantitative estimate of drug-likeness (QED) is 0.871. The lowest BCUT2D eigenvalue weighted by Crippen LogP contribution is -2.22. The second-order valence-electron chi connectivity index (χ2n) is 5.69. The molecule has 0 aromatic carbocycles. The van der Waals surface area contributed by atoms with E-state index in [-0.39, 0.29) is 0 Å². The predicted molar refractivity (Wildman–Crippen MR) is 68.6 cm³/mol. The van der Waals surface area contributed by atoms with Gasteiger partial charge in [0.05, 0.1) is 0 Å². The topological polar surface area (TPSA) is 56.7 Å². The lowest BCUT2D eigenvalue weighted by molar-refractivity contribution is 0.317. The van der Waals surface area contributed by atoms with Crippen LogP contribution in [0.5, 0.6) is 0 Å². The van der Waals surface area contributed by atoms with Crippen molar-refractivity contribution in [3.05, 3.63) is 12.2 Å². The van der Waals surface area contributed by atoms with E-state index in [1.807, 2.05) is 6.33 Å². The van der Waals surface area contributed by atoms with Crippen molar-refractivity contribution in [3.63, 3.8) is 0 Å². The van der Waals surface area contributed by atoms with E-state index in [4.69, 9.17) is 5.73 Å². The van der Waals surface area contributed by atoms with Crippen molar-refractivity contribution in [3.8, 4) is 0 Å². The molecule has 4 heteroatoms. The molecule has 0 atom stereocenters. The Hall–Kier alpha value is -0.900. The van der Waals surface area contributed by atoms with Gasteiger partial charge in [-0.05, 0) is 44.1 Å². The number of aromatic nitrogens is 3. The third-order valence-corrected chi connectivity index (χ3v) is 3.75. The lowest BCUT2D eigenvalue weighted by atomic mass is 9.81. The predicted octanol–water partition coefficient (Wildman–Crippen LogP) is 2.17. The fourth-order valence-corrected chi connectivity index (χ4v) is 2.77. The van der Waals surface area contributed by atoms with Crippen LogP contribution >= 0.6 is 0 Å². The van der Waals surface area contributed by atoms with Gasteiger partial charge in [-0.1, -0.05) is 13.8 Å². The first kappa shape index (κ1) is 12.6. The van der Waals surface area contributed by atoms with Crippen molar-refractivity contribution in [2.75, 3.05) is 6.54 Å². The van der Waals surface area contributed by atoms with Crippen LogP contribution in [0.2, 0.25) is 0 Å². The summed E-state index contributed by atoms with van der Waals surface area (Å²) in [6.07, 6.45) is 6.81. The van der Waals surface area contributed by atoms with Gasteiger partial charge >= 0.3 is 0 Å². The Morgan fingerprint density at radius 3 is 2.65 bits per heavy atom. The molecule has 1 aliphatic rings. The summed E-state index contributed by atoms with van der Waals surface area (Å²) in [5.74, 6) is 3.16. The molecule has 1 saturated carbocycles. The molecule has 0 amide bonds. The van der Waals surface area contributed by atoms with E-state index in [2.05, 4.69) is 28.6 Å². The molecule has 96 valence electrons. The molecule has 1 aliphatic carbocycles. The highest BCUT2D eigenvalue weighted by molar-refractivity contribution is 4.99. The molecule has 2 rings (SSSR count). The SMILES string of the molecule is CC(C)Cn1cnnc1C1CCC(CN)CC1. The van der Waals surface area contributed by atoms with Gasteiger partial charge in [0, 0.05) is 12.5 Å². The Morgan fingerprint density at radius 2 is 2.06 bits per heavy atom. The van der Waals surface area contributed by atoms with Crippen LogP contribution in [0.15, 0.2) is 6.33 Å². The van der Waals surface area contributed by atoms with Crippen LogP contribution in [0.25, 0.3) is 0 Å². The normalized spacial score (nSPS) is 25.4. The van der Waals surface area contributed by atoms with Crippen molar-refractivity contribution in [1.82, 2.24) is 14.8 Å². The Balaban J connectivity index is 2.00. The minimum Gasteiger partial charge on any atom is -0.330 e. The van der Waals surface area contributed by atoms with Gasteiger partial charge in [0.25, 0.3) is 0 Å². The zero-order chi connectivity index (χ0) is 12.3. The molecule has 1 heterocycles. The highest BCUT2D eigenvalue weighted by Gasteiger charge is 2.25. The zero-order valence-corrected chi connectivity index (χ0v) is 11.0. The van der Waals surface area contributed by atoms with Crippen LogP contribution in [0.1, 0.15) is 51.3 Å². The van der Waals surface area contributed by atoms with Crippen LogP contribution in [0.4, 0.5) is 0 Å². The van der Waals surface area contributed by atoms with E-state index < -0.39 is 0 Å². The molecule has 0 unspecified atom stereocenters. The maximum atomic E-state index is 5.73. The molecule has 0 bridgehead atoms. The fourth-order valence-electron chi connectivity index (χ4n) is 2.77. The molecule has 0 spiro atoms. The molecule has 0 radical (unpaired) electrons. The standard InChI is InChI=1S/C13H24N4/c1-10(2)8-17-9-15-16-13(17)12-5-3-11(7-14)4-6-12/h9-12H,3-8,14H2,1-2H3. The monoisotopic (exact) mass is 236 g/mol. The van der Waals surface area contributed by atoms with E-state index in [0.29, 0.717) is 11.8 Å². The number of nitrogens with zero attached hydrogens (tertiary/aromatic N) is 3. The Bertz CT molecular complexity index is 337. The van der Waals surface area contributed by atoms with E-state index in [0.717, 1.165) is 19.0 Å². The first-order chi connectivity index (χ1) is 8.20. The van der Waals surface area contributed by atoms with Crippen molar-refractivity contribution < 1.29 is 0 Å². The third-order valence-electron chi connectivity index (χ3n) is 3.75. The van der Waals surface area contributed by atoms with Crippen molar-refractivity contribution in [2.45, 2.75) is 52.0 Å². The summed E-state index contributed by atoms with van der Waals surface area (Å²) in [6.45, 7) is 6.33. The van der Waals surface area contributed by atoms with Crippen molar-refractivity contribution >= 4 is 0 Å². The second-order valence-corrected chi connectivity index (χ2v) is 5.69. The average Bonchev–Trinajstić information content (AvgIpc) is 2.76. The maximum absolute atomic E-state index is 5.73.